The molecule has 0 N–H and O–H groups in total. The summed E-state index contributed by atoms with van der Waals surface area (Å²) in [6.07, 6.45) is 8.96. The molecule has 0 saturated heterocycles. The van der Waals surface area contributed by atoms with Crippen molar-refractivity contribution in [1.29, 1.82) is 0 Å². The van der Waals surface area contributed by atoms with Gasteiger partial charge in [-0.15, -0.1) is 0 Å². The molecule has 1 aromatic heterocycles. The average Bonchev–Trinajstić information content (AvgIpc) is 2.25. The Hall–Kier alpha value is -1.37. The normalized spacial score (nSPS) is 9.79. The smallest absolute Gasteiger partial charge is 0.0661 e. The molecule has 14 heavy (non-hydrogen) atoms. The summed E-state index contributed by atoms with van der Waals surface area (Å²) in [7, 11) is 0. The predicted molar refractivity (Wildman–Crippen MR) is 63.0 cm³/mol. The van der Waals surface area contributed by atoms with E-state index in [0.717, 1.165) is 12.1 Å². The third kappa shape index (κ3) is 2.32. The molecule has 1 aromatic rings. The topological polar surface area (TPSA) is 12.9 Å². The van der Waals surface area contributed by atoms with Gasteiger partial charge in [-0.25, -0.2) is 0 Å². The molecule has 0 radical (unpaired) electrons. The number of unbranched alkanes of at least 4 members (excludes halogenated alkanes) is 1. The van der Waals surface area contributed by atoms with Crippen molar-refractivity contribution >= 4 is 12.2 Å². The van der Waals surface area contributed by atoms with Crippen molar-refractivity contribution in [2.45, 2.75) is 26.2 Å². The van der Waals surface area contributed by atoms with E-state index in [9.17, 15) is 0 Å². The molecule has 0 unspecified atom stereocenters. The van der Waals surface area contributed by atoms with Crippen LogP contribution in [0.3, 0.4) is 0 Å². The number of nitrogens with zero attached hydrogens (tertiary/aromatic N) is 1. The van der Waals surface area contributed by atoms with Crippen LogP contribution in [0.4, 0.5) is 0 Å². The minimum atomic E-state index is 0.996. The quantitative estimate of drug-likeness (QED) is 0.684. The summed E-state index contributed by atoms with van der Waals surface area (Å²) in [5.41, 5.74) is 3.46. The van der Waals surface area contributed by atoms with E-state index < -0.39 is 0 Å². The van der Waals surface area contributed by atoms with Gasteiger partial charge in [-0.3, -0.25) is 4.98 Å². The zero-order valence-corrected chi connectivity index (χ0v) is 8.79. The molecule has 1 heterocycles. The summed E-state index contributed by atoms with van der Waals surface area (Å²) >= 11 is 0. The molecule has 0 amide bonds. The zero-order chi connectivity index (χ0) is 10.4. The van der Waals surface area contributed by atoms with Gasteiger partial charge in [0.1, 0.15) is 0 Å². The van der Waals surface area contributed by atoms with Crippen molar-refractivity contribution in [2.75, 3.05) is 0 Å². The maximum Gasteiger partial charge on any atom is 0.0661 e. The van der Waals surface area contributed by atoms with Gasteiger partial charge in [-0.05, 0) is 36.1 Å². The van der Waals surface area contributed by atoms with Crippen molar-refractivity contribution in [3.05, 3.63) is 42.2 Å². The Morgan fingerprint density at radius 3 is 2.71 bits per heavy atom. The Balaban J connectivity index is 3.05. The molecule has 0 aromatic carbocycles. The fourth-order valence-electron chi connectivity index (χ4n) is 1.52. The molecule has 0 fully saturated rings. The molecule has 1 rings (SSSR count). The lowest BCUT2D eigenvalue weighted by Crippen LogP contribution is -1.96. The lowest BCUT2D eigenvalue weighted by atomic mass is 10.0. The molecule has 0 bridgehead atoms. The Bertz CT molecular complexity index is 300. The van der Waals surface area contributed by atoms with Gasteiger partial charge in [0.15, 0.2) is 0 Å². The Morgan fingerprint density at radius 1 is 1.36 bits per heavy atom. The highest BCUT2D eigenvalue weighted by Crippen LogP contribution is 2.17. The molecule has 0 atom stereocenters. The molecular weight excluding hydrogens is 170 g/mol. The van der Waals surface area contributed by atoms with Gasteiger partial charge in [-0.1, -0.05) is 32.6 Å². The largest absolute Gasteiger partial charge is 0.257 e. The van der Waals surface area contributed by atoms with Crippen LogP contribution in [-0.2, 0) is 6.42 Å². The second-order valence-electron chi connectivity index (χ2n) is 3.28. The molecule has 0 spiro atoms. The molecule has 0 aliphatic carbocycles. The van der Waals surface area contributed by atoms with Crippen LogP contribution in [-0.4, -0.2) is 4.98 Å². The summed E-state index contributed by atoms with van der Waals surface area (Å²) in [6.45, 7) is 9.78. The second-order valence-corrected chi connectivity index (χ2v) is 3.28. The van der Waals surface area contributed by atoms with Gasteiger partial charge in [0.05, 0.1) is 5.69 Å². The van der Waals surface area contributed by atoms with E-state index in [-0.39, 0.29) is 0 Å². The first-order valence-corrected chi connectivity index (χ1v) is 5.06. The molecule has 74 valence electrons. The zero-order valence-electron chi connectivity index (χ0n) is 8.79. The van der Waals surface area contributed by atoms with Crippen LogP contribution in [0, 0.1) is 0 Å². The summed E-state index contributed by atoms with van der Waals surface area (Å²) in [5.74, 6) is 0. The van der Waals surface area contributed by atoms with Gasteiger partial charge in [0, 0.05) is 6.20 Å². The van der Waals surface area contributed by atoms with Crippen LogP contribution in [0.2, 0.25) is 0 Å². The van der Waals surface area contributed by atoms with E-state index in [1.165, 1.54) is 24.0 Å². The fourth-order valence-corrected chi connectivity index (χ4v) is 1.52. The van der Waals surface area contributed by atoms with Gasteiger partial charge in [-0.2, -0.15) is 0 Å². The van der Waals surface area contributed by atoms with Crippen LogP contribution in [0.15, 0.2) is 25.4 Å². The van der Waals surface area contributed by atoms with E-state index >= 15 is 0 Å². The average molecular weight is 187 g/mol. The minimum Gasteiger partial charge on any atom is -0.257 e. The monoisotopic (exact) mass is 187 g/mol. The Kier molecular flexibility index (Phi) is 4.11. The van der Waals surface area contributed by atoms with Crippen molar-refractivity contribution in [1.82, 2.24) is 4.98 Å². The van der Waals surface area contributed by atoms with Gasteiger partial charge < -0.3 is 0 Å². The van der Waals surface area contributed by atoms with Crippen molar-refractivity contribution in [3.8, 4) is 0 Å². The highest BCUT2D eigenvalue weighted by Gasteiger charge is 2.04. The molecular formula is C13H17N. The SMILES string of the molecule is C=Cc1ccnc(C=C)c1CCCC. The highest BCUT2D eigenvalue weighted by atomic mass is 14.7. The van der Waals surface area contributed by atoms with Crippen molar-refractivity contribution in [3.63, 3.8) is 0 Å². The van der Waals surface area contributed by atoms with Crippen molar-refractivity contribution in [2.24, 2.45) is 0 Å². The summed E-state index contributed by atoms with van der Waals surface area (Å²) < 4.78 is 0. The summed E-state index contributed by atoms with van der Waals surface area (Å²) in [4.78, 5) is 4.29. The molecule has 0 aliphatic rings. The maximum absolute atomic E-state index is 4.29. The third-order valence-corrected chi connectivity index (χ3v) is 2.32. The summed E-state index contributed by atoms with van der Waals surface area (Å²) in [5, 5.41) is 0. The van der Waals surface area contributed by atoms with Gasteiger partial charge in [0.2, 0.25) is 0 Å². The van der Waals surface area contributed by atoms with Gasteiger partial charge >= 0.3 is 0 Å². The second kappa shape index (κ2) is 5.38. The number of pyridine rings is 1. The first-order chi connectivity index (χ1) is 6.83. The van der Waals surface area contributed by atoms with E-state index in [1.54, 1.807) is 0 Å². The summed E-state index contributed by atoms with van der Waals surface area (Å²) in [6, 6.07) is 2.00. The maximum atomic E-state index is 4.29. The number of hydrogen-bond donors (Lipinski definition) is 0. The van der Waals surface area contributed by atoms with E-state index in [2.05, 4.69) is 25.1 Å². The first kappa shape index (κ1) is 10.7. The van der Waals surface area contributed by atoms with Crippen LogP contribution in [0.25, 0.3) is 12.2 Å². The Labute approximate surface area is 86.2 Å². The first-order valence-electron chi connectivity index (χ1n) is 5.06. The number of hydrogen-bond acceptors (Lipinski definition) is 1. The predicted octanol–water partition coefficient (Wildman–Crippen LogP) is 3.71. The standard InChI is InChI=1S/C13H17N/c1-4-7-8-12-11(5-2)9-10-14-13(12)6-3/h5-6,9-10H,2-4,7-8H2,1H3. The lowest BCUT2D eigenvalue weighted by Gasteiger charge is -2.08. The Morgan fingerprint density at radius 2 is 2.14 bits per heavy atom. The van der Waals surface area contributed by atoms with Crippen LogP contribution < -0.4 is 0 Å². The van der Waals surface area contributed by atoms with E-state index in [1.807, 2.05) is 24.4 Å². The van der Waals surface area contributed by atoms with Crippen LogP contribution in [0.5, 0.6) is 0 Å². The lowest BCUT2D eigenvalue weighted by molar-refractivity contribution is 0.789. The fraction of sp³-hybridized carbons (Fsp3) is 0.308. The molecule has 1 heteroatoms. The van der Waals surface area contributed by atoms with Crippen molar-refractivity contribution < 1.29 is 0 Å². The van der Waals surface area contributed by atoms with Gasteiger partial charge in [0.25, 0.3) is 0 Å². The third-order valence-electron chi connectivity index (χ3n) is 2.32. The highest BCUT2D eigenvalue weighted by molar-refractivity contribution is 5.59. The molecule has 0 aliphatic heterocycles. The van der Waals surface area contributed by atoms with E-state index in [4.69, 9.17) is 0 Å². The van der Waals surface area contributed by atoms with Crippen LogP contribution >= 0.6 is 0 Å². The minimum absolute atomic E-state index is 0.996. The van der Waals surface area contributed by atoms with Crippen LogP contribution in [0.1, 0.15) is 36.6 Å². The van der Waals surface area contributed by atoms with E-state index in [0.29, 0.717) is 0 Å². The molecule has 1 nitrogen and oxygen atoms in total. The molecule has 0 saturated carbocycles. The number of aromatic nitrogens is 1. The number of rotatable bonds is 5.